The van der Waals surface area contributed by atoms with E-state index in [1.165, 1.54) is 12.1 Å². The molecule has 0 fully saturated rings. The first-order valence-corrected chi connectivity index (χ1v) is 8.78. The lowest BCUT2D eigenvalue weighted by atomic mass is 10.1. The minimum atomic E-state index is -0.581. The van der Waals surface area contributed by atoms with E-state index in [1.807, 2.05) is 12.1 Å². The third kappa shape index (κ3) is 7.82. The molecule has 4 nitrogen and oxygen atoms in total. The number of hydrogen-bond donors (Lipinski definition) is 1. The summed E-state index contributed by atoms with van der Waals surface area (Å²) in [5, 5.41) is 10.3. The fraction of sp³-hybridized carbons (Fsp3) is 0.500. The molecule has 1 atom stereocenters. The van der Waals surface area contributed by atoms with Gasteiger partial charge in [0.2, 0.25) is 0 Å². The average Bonchev–Trinajstić information content (AvgIpc) is 3.08. The smallest absolute Gasteiger partial charge is 0.129 e. The summed E-state index contributed by atoms with van der Waals surface area (Å²) in [5.41, 5.74) is 1.04. The molecule has 138 valence electrons. The Morgan fingerprint density at radius 3 is 2.60 bits per heavy atom. The van der Waals surface area contributed by atoms with Gasteiger partial charge in [0.25, 0.3) is 0 Å². The minimum absolute atomic E-state index is 0.233. The lowest BCUT2D eigenvalue weighted by Crippen LogP contribution is -2.35. The van der Waals surface area contributed by atoms with Crippen LogP contribution in [0.5, 0.6) is 0 Å². The van der Waals surface area contributed by atoms with Crippen molar-refractivity contribution in [3.63, 3.8) is 0 Å². The molecule has 0 unspecified atom stereocenters. The van der Waals surface area contributed by atoms with Crippen LogP contribution in [0.4, 0.5) is 4.39 Å². The van der Waals surface area contributed by atoms with E-state index in [-0.39, 0.29) is 12.4 Å². The van der Waals surface area contributed by atoms with Gasteiger partial charge in [0.1, 0.15) is 18.2 Å². The fourth-order valence-electron chi connectivity index (χ4n) is 2.56. The molecule has 1 N–H and O–H groups in total. The molecule has 25 heavy (non-hydrogen) atoms. The summed E-state index contributed by atoms with van der Waals surface area (Å²) in [6.45, 7) is 7.04. The van der Waals surface area contributed by atoms with E-state index < -0.39 is 6.10 Å². The average molecular weight is 349 g/mol. The van der Waals surface area contributed by atoms with E-state index in [0.717, 1.165) is 24.3 Å². The Bertz CT molecular complexity index is 583. The van der Waals surface area contributed by atoms with Crippen LogP contribution in [0.1, 0.15) is 31.6 Å². The molecule has 0 aliphatic heterocycles. The van der Waals surface area contributed by atoms with Gasteiger partial charge in [-0.1, -0.05) is 26.0 Å². The highest BCUT2D eigenvalue weighted by molar-refractivity contribution is 5.15. The molecule has 0 aliphatic rings. The monoisotopic (exact) mass is 349 g/mol. The number of aliphatic hydroxyl groups is 1. The van der Waals surface area contributed by atoms with Crippen LogP contribution in [-0.2, 0) is 17.9 Å². The van der Waals surface area contributed by atoms with E-state index in [4.69, 9.17) is 9.15 Å². The van der Waals surface area contributed by atoms with Crippen molar-refractivity contribution in [2.24, 2.45) is 5.92 Å². The first-order valence-electron chi connectivity index (χ1n) is 8.78. The minimum Gasteiger partial charge on any atom is -0.467 e. The zero-order chi connectivity index (χ0) is 18.1. The standard InChI is InChI=1S/C20H28FNO3/c1-16(2)9-10-22(12-17-5-7-18(21)8-6-17)13-19(23)14-24-15-20-4-3-11-25-20/h3-8,11,16,19,23H,9-10,12-15H2,1-2H3/t19-/m1/s1. The maximum absolute atomic E-state index is 13.1. The van der Waals surface area contributed by atoms with Gasteiger partial charge in [0.15, 0.2) is 0 Å². The number of rotatable bonds is 11. The van der Waals surface area contributed by atoms with Crippen LogP contribution in [0.3, 0.4) is 0 Å². The van der Waals surface area contributed by atoms with Gasteiger partial charge >= 0.3 is 0 Å². The molecule has 0 aliphatic carbocycles. The van der Waals surface area contributed by atoms with Gasteiger partial charge in [0, 0.05) is 13.1 Å². The Balaban J connectivity index is 1.82. The molecule has 5 heteroatoms. The molecule has 2 rings (SSSR count). The lowest BCUT2D eigenvalue weighted by Gasteiger charge is -2.26. The number of aliphatic hydroxyl groups excluding tert-OH is 1. The summed E-state index contributed by atoms with van der Waals surface area (Å²) >= 11 is 0. The van der Waals surface area contributed by atoms with E-state index in [2.05, 4.69) is 18.7 Å². The number of nitrogens with zero attached hydrogens (tertiary/aromatic N) is 1. The second-order valence-corrected chi connectivity index (χ2v) is 6.79. The SMILES string of the molecule is CC(C)CCN(Cc1ccc(F)cc1)C[C@@H](O)COCc1ccco1. The number of hydrogen-bond acceptors (Lipinski definition) is 4. The van der Waals surface area contributed by atoms with E-state index in [0.29, 0.717) is 25.6 Å². The maximum atomic E-state index is 13.1. The van der Waals surface area contributed by atoms with Gasteiger partial charge in [-0.15, -0.1) is 0 Å². The van der Waals surface area contributed by atoms with Crippen molar-refractivity contribution >= 4 is 0 Å². The summed E-state index contributed by atoms with van der Waals surface area (Å²) in [7, 11) is 0. The Hall–Kier alpha value is -1.69. The predicted molar refractivity (Wildman–Crippen MR) is 95.5 cm³/mol. The Morgan fingerprint density at radius 2 is 1.96 bits per heavy atom. The molecule has 0 saturated heterocycles. The van der Waals surface area contributed by atoms with Gasteiger partial charge in [-0.2, -0.15) is 0 Å². The number of ether oxygens (including phenoxy) is 1. The van der Waals surface area contributed by atoms with Crippen LogP contribution >= 0.6 is 0 Å². The molecule has 0 amide bonds. The number of furan rings is 1. The summed E-state index contributed by atoms with van der Waals surface area (Å²) < 4.78 is 23.8. The topological polar surface area (TPSA) is 45.8 Å². The Labute approximate surface area is 149 Å². The highest BCUT2D eigenvalue weighted by Crippen LogP contribution is 2.11. The van der Waals surface area contributed by atoms with Crippen LogP contribution in [-0.4, -0.2) is 35.8 Å². The van der Waals surface area contributed by atoms with Gasteiger partial charge in [-0.3, -0.25) is 4.90 Å². The molecular weight excluding hydrogens is 321 g/mol. The molecule has 1 aromatic carbocycles. The van der Waals surface area contributed by atoms with Crippen LogP contribution < -0.4 is 0 Å². The highest BCUT2D eigenvalue weighted by atomic mass is 19.1. The molecule has 1 heterocycles. The van der Waals surface area contributed by atoms with Crippen LogP contribution in [0.2, 0.25) is 0 Å². The van der Waals surface area contributed by atoms with Crippen LogP contribution in [0.15, 0.2) is 47.1 Å². The molecule has 0 bridgehead atoms. The van der Waals surface area contributed by atoms with Gasteiger partial charge in [-0.05, 0) is 48.7 Å². The van der Waals surface area contributed by atoms with Gasteiger partial charge in [-0.25, -0.2) is 4.39 Å². The first kappa shape index (κ1) is 19.6. The van der Waals surface area contributed by atoms with Crippen molar-refractivity contribution < 1.29 is 18.7 Å². The normalized spacial score (nSPS) is 12.9. The maximum Gasteiger partial charge on any atom is 0.129 e. The van der Waals surface area contributed by atoms with Crippen molar-refractivity contribution in [3.8, 4) is 0 Å². The molecule has 2 aromatic rings. The summed E-state index contributed by atoms with van der Waals surface area (Å²) in [6.07, 6.45) is 2.06. The predicted octanol–water partition coefficient (Wildman–Crippen LogP) is 3.84. The van der Waals surface area contributed by atoms with Crippen LogP contribution in [0.25, 0.3) is 0 Å². The van der Waals surface area contributed by atoms with Gasteiger partial charge < -0.3 is 14.3 Å². The molecule has 0 saturated carbocycles. The van der Waals surface area contributed by atoms with Crippen molar-refractivity contribution in [1.82, 2.24) is 4.90 Å². The third-order valence-electron chi connectivity index (χ3n) is 3.95. The molecular formula is C20H28FNO3. The van der Waals surface area contributed by atoms with Crippen molar-refractivity contribution in [3.05, 3.63) is 59.8 Å². The zero-order valence-electron chi connectivity index (χ0n) is 15.0. The second-order valence-electron chi connectivity index (χ2n) is 6.79. The zero-order valence-corrected chi connectivity index (χ0v) is 15.0. The Morgan fingerprint density at radius 1 is 1.20 bits per heavy atom. The third-order valence-corrected chi connectivity index (χ3v) is 3.95. The van der Waals surface area contributed by atoms with Gasteiger partial charge in [0.05, 0.1) is 19.0 Å². The highest BCUT2D eigenvalue weighted by Gasteiger charge is 2.14. The van der Waals surface area contributed by atoms with Crippen molar-refractivity contribution in [1.29, 1.82) is 0 Å². The Kier molecular flexibility index (Phi) is 8.12. The quantitative estimate of drug-likeness (QED) is 0.669. The number of halogens is 1. The summed E-state index contributed by atoms with van der Waals surface area (Å²) in [4.78, 5) is 2.19. The largest absolute Gasteiger partial charge is 0.467 e. The van der Waals surface area contributed by atoms with E-state index >= 15 is 0 Å². The lowest BCUT2D eigenvalue weighted by molar-refractivity contribution is 0.00325. The summed E-state index contributed by atoms with van der Waals surface area (Å²) in [6, 6.07) is 10.2. The molecule has 1 aromatic heterocycles. The molecule has 0 spiro atoms. The number of benzene rings is 1. The van der Waals surface area contributed by atoms with Crippen LogP contribution in [0, 0.1) is 11.7 Å². The molecule has 0 radical (unpaired) electrons. The van der Waals surface area contributed by atoms with E-state index in [1.54, 1.807) is 18.4 Å². The van der Waals surface area contributed by atoms with Crippen molar-refractivity contribution in [2.45, 2.75) is 39.5 Å². The first-order chi connectivity index (χ1) is 12.0. The fourth-order valence-corrected chi connectivity index (χ4v) is 2.56. The second kappa shape index (κ2) is 10.3. The summed E-state index contributed by atoms with van der Waals surface area (Å²) in [5.74, 6) is 1.10. The van der Waals surface area contributed by atoms with Crippen molar-refractivity contribution in [2.75, 3.05) is 19.7 Å². The van der Waals surface area contributed by atoms with E-state index in [9.17, 15) is 9.50 Å².